The van der Waals surface area contributed by atoms with Crippen LogP contribution in [0, 0.1) is 6.92 Å². The molecule has 0 heterocycles. The van der Waals surface area contributed by atoms with E-state index in [2.05, 4.69) is 15.4 Å². The van der Waals surface area contributed by atoms with Crippen molar-refractivity contribution in [3.63, 3.8) is 0 Å². The molecule has 8 nitrogen and oxygen atoms in total. The van der Waals surface area contributed by atoms with Crippen molar-refractivity contribution in [3.05, 3.63) is 89.5 Å². The van der Waals surface area contributed by atoms with Gasteiger partial charge in [0.25, 0.3) is 15.9 Å². The Morgan fingerprint density at radius 1 is 0.903 bits per heavy atom. The number of carbonyl (C=O) groups excluding carboxylic acids is 2. The molecule has 0 atom stereocenters. The number of urea groups is 1. The van der Waals surface area contributed by atoms with Crippen LogP contribution in [0.15, 0.2) is 77.7 Å². The number of amides is 3. The minimum Gasteiger partial charge on any atom is -0.351 e. The van der Waals surface area contributed by atoms with Gasteiger partial charge in [0.2, 0.25) is 0 Å². The molecule has 0 aliphatic rings. The van der Waals surface area contributed by atoms with E-state index in [4.69, 9.17) is 5.73 Å². The van der Waals surface area contributed by atoms with Crippen molar-refractivity contribution in [2.45, 2.75) is 18.4 Å². The van der Waals surface area contributed by atoms with Crippen LogP contribution in [0.25, 0.3) is 0 Å². The zero-order chi connectivity index (χ0) is 22.4. The second-order valence-electron chi connectivity index (χ2n) is 6.81. The fraction of sp³-hybridized carbons (Fsp3) is 0.0909. The van der Waals surface area contributed by atoms with Gasteiger partial charge in [-0.1, -0.05) is 30.3 Å². The molecule has 3 aromatic rings. The lowest BCUT2D eigenvalue weighted by atomic mass is 10.2. The Morgan fingerprint density at radius 2 is 1.55 bits per heavy atom. The Kier molecular flexibility index (Phi) is 6.56. The summed E-state index contributed by atoms with van der Waals surface area (Å²) in [5.41, 5.74) is 8.08. The number of benzene rings is 3. The SMILES string of the molecule is Cc1ccccc1NS(=O)(=O)c1ccc(C(=O)NCc2ccc(NC(N)=O)cc2)cc1. The van der Waals surface area contributed by atoms with Gasteiger partial charge in [-0.05, 0) is 60.5 Å². The molecule has 0 unspecified atom stereocenters. The van der Waals surface area contributed by atoms with Gasteiger partial charge in [0, 0.05) is 17.8 Å². The van der Waals surface area contributed by atoms with E-state index < -0.39 is 16.1 Å². The number of para-hydroxylation sites is 1. The summed E-state index contributed by atoms with van der Waals surface area (Å²) in [6.45, 7) is 2.08. The lowest BCUT2D eigenvalue weighted by Crippen LogP contribution is -2.23. The summed E-state index contributed by atoms with van der Waals surface area (Å²) < 4.78 is 27.7. The number of sulfonamides is 1. The van der Waals surface area contributed by atoms with E-state index in [-0.39, 0.29) is 17.3 Å². The van der Waals surface area contributed by atoms with Gasteiger partial charge in [0.05, 0.1) is 10.6 Å². The maximum atomic E-state index is 12.6. The standard InChI is InChI=1S/C22H22N4O4S/c1-15-4-2-3-5-20(15)26-31(29,30)19-12-8-17(9-13-19)21(27)24-14-16-6-10-18(11-7-16)25-22(23)28/h2-13,26H,14H2,1H3,(H,24,27)(H3,23,25,28). The van der Waals surface area contributed by atoms with Crippen LogP contribution < -0.4 is 21.1 Å². The van der Waals surface area contributed by atoms with Crippen molar-refractivity contribution >= 4 is 33.3 Å². The molecule has 5 N–H and O–H groups in total. The van der Waals surface area contributed by atoms with Gasteiger partial charge < -0.3 is 16.4 Å². The monoisotopic (exact) mass is 438 g/mol. The molecule has 0 saturated carbocycles. The molecule has 0 spiro atoms. The molecular weight excluding hydrogens is 416 g/mol. The highest BCUT2D eigenvalue weighted by atomic mass is 32.2. The fourth-order valence-corrected chi connectivity index (χ4v) is 3.94. The van der Waals surface area contributed by atoms with Crippen molar-refractivity contribution in [3.8, 4) is 0 Å². The van der Waals surface area contributed by atoms with Gasteiger partial charge in [-0.2, -0.15) is 0 Å². The van der Waals surface area contributed by atoms with E-state index in [0.29, 0.717) is 16.9 Å². The zero-order valence-electron chi connectivity index (χ0n) is 16.8. The van der Waals surface area contributed by atoms with E-state index in [1.165, 1.54) is 24.3 Å². The summed E-state index contributed by atoms with van der Waals surface area (Å²) in [5.74, 6) is -0.338. The Bertz CT molecular complexity index is 1190. The first-order valence-corrected chi connectivity index (χ1v) is 10.8. The van der Waals surface area contributed by atoms with Crippen LogP contribution in [-0.2, 0) is 16.6 Å². The molecule has 0 fully saturated rings. The fourth-order valence-electron chi connectivity index (χ4n) is 2.81. The van der Waals surface area contributed by atoms with Gasteiger partial charge in [0.1, 0.15) is 0 Å². The summed E-state index contributed by atoms with van der Waals surface area (Å²) in [4.78, 5) is 23.3. The lowest BCUT2D eigenvalue weighted by molar-refractivity contribution is 0.0951. The van der Waals surface area contributed by atoms with E-state index in [9.17, 15) is 18.0 Å². The molecule has 0 aliphatic heterocycles. The van der Waals surface area contributed by atoms with Crippen LogP contribution in [0.4, 0.5) is 16.2 Å². The van der Waals surface area contributed by atoms with Crippen LogP contribution in [0.5, 0.6) is 0 Å². The third-order valence-electron chi connectivity index (χ3n) is 4.49. The van der Waals surface area contributed by atoms with Gasteiger partial charge in [-0.3, -0.25) is 9.52 Å². The average molecular weight is 439 g/mol. The minimum absolute atomic E-state index is 0.0600. The third-order valence-corrected chi connectivity index (χ3v) is 5.87. The van der Waals surface area contributed by atoms with Gasteiger partial charge in [-0.15, -0.1) is 0 Å². The van der Waals surface area contributed by atoms with Crippen LogP contribution >= 0.6 is 0 Å². The Labute approximate surface area is 180 Å². The largest absolute Gasteiger partial charge is 0.351 e. The molecule has 0 bridgehead atoms. The Morgan fingerprint density at radius 3 is 2.16 bits per heavy atom. The molecule has 31 heavy (non-hydrogen) atoms. The van der Waals surface area contributed by atoms with Crippen LogP contribution in [0.3, 0.4) is 0 Å². The predicted octanol–water partition coefficient (Wildman–Crippen LogP) is 3.22. The molecule has 0 aliphatic carbocycles. The van der Waals surface area contributed by atoms with Crippen molar-refractivity contribution < 1.29 is 18.0 Å². The normalized spacial score (nSPS) is 10.9. The summed E-state index contributed by atoms with van der Waals surface area (Å²) in [5, 5.41) is 5.22. The first-order valence-electron chi connectivity index (χ1n) is 9.37. The maximum absolute atomic E-state index is 12.6. The maximum Gasteiger partial charge on any atom is 0.316 e. The van der Waals surface area contributed by atoms with Crippen molar-refractivity contribution in [2.24, 2.45) is 5.73 Å². The van der Waals surface area contributed by atoms with E-state index in [1.807, 2.05) is 19.1 Å². The van der Waals surface area contributed by atoms with E-state index >= 15 is 0 Å². The molecular formula is C22H22N4O4S. The summed E-state index contributed by atoms with van der Waals surface area (Å²) in [6, 6.07) is 19.0. The smallest absolute Gasteiger partial charge is 0.316 e. The highest BCUT2D eigenvalue weighted by Gasteiger charge is 2.16. The lowest BCUT2D eigenvalue weighted by Gasteiger charge is -2.11. The predicted molar refractivity (Wildman–Crippen MR) is 119 cm³/mol. The first kappa shape index (κ1) is 21.8. The van der Waals surface area contributed by atoms with Crippen LogP contribution in [0.1, 0.15) is 21.5 Å². The Hall–Kier alpha value is -3.85. The number of primary amides is 1. The topological polar surface area (TPSA) is 130 Å². The number of hydrogen-bond acceptors (Lipinski definition) is 4. The molecule has 160 valence electrons. The summed E-state index contributed by atoms with van der Waals surface area (Å²) in [7, 11) is -3.77. The second kappa shape index (κ2) is 9.31. The quantitative estimate of drug-likeness (QED) is 0.451. The van der Waals surface area contributed by atoms with Crippen molar-refractivity contribution in [1.82, 2.24) is 5.32 Å². The number of hydrogen-bond donors (Lipinski definition) is 4. The highest BCUT2D eigenvalue weighted by molar-refractivity contribution is 7.92. The van der Waals surface area contributed by atoms with Gasteiger partial charge >= 0.3 is 6.03 Å². The molecule has 3 amide bonds. The van der Waals surface area contributed by atoms with E-state index in [0.717, 1.165) is 11.1 Å². The number of nitrogens with one attached hydrogen (secondary N) is 3. The first-order chi connectivity index (χ1) is 14.7. The number of carbonyl (C=O) groups is 2. The summed E-state index contributed by atoms with van der Waals surface area (Å²) >= 11 is 0. The average Bonchev–Trinajstić information content (AvgIpc) is 2.74. The number of nitrogens with two attached hydrogens (primary N) is 1. The van der Waals surface area contributed by atoms with Crippen molar-refractivity contribution in [1.29, 1.82) is 0 Å². The second-order valence-corrected chi connectivity index (χ2v) is 8.50. The molecule has 3 aromatic carbocycles. The number of rotatable bonds is 7. The van der Waals surface area contributed by atoms with Gasteiger partial charge in [-0.25, -0.2) is 13.2 Å². The summed E-state index contributed by atoms with van der Waals surface area (Å²) in [6.07, 6.45) is 0. The van der Waals surface area contributed by atoms with E-state index in [1.54, 1.807) is 36.4 Å². The number of anilines is 2. The highest BCUT2D eigenvalue weighted by Crippen LogP contribution is 2.19. The molecule has 3 rings (SSSR count). The molecule has 9 heteroatoms. The molecule has 0 radical (unpaired) electrons. The molecule has 0 saturated heterocycles. The van der Waals surface area contributed by atoms with Crippen LogP contribution in [0.2, 0.25) is 0 Å². The van der Waals surface area contributed by atoms with Crippen LogP contribution in [-0.4, -0.2) is 20.4 Å². The zero-order valence-corrected chi connectivity index (χ0v) is 17.6. The van der Waals surface area contributed by atoms with Crippen molar-refractivity contribution in [2.75, 3.05) is 10.0 Å². The minimum atomic E-state index is -3.77. The number of aryl methyl sites for hydroxylation is 1. The Balaban J connectivity index is 1.62. The third kappa shape index (κ3) is 5.83. The van der Waals surface area contributed by atoms with Gasteiger partial charge in [0.15, 0.2) is 0 Å². The molecule has 0 aromatic heterocycles.